The van der Waals surface area contributed by atoms with E-state index in [1.807, 2.05) is 0 Å². The molecule has 3 heteroatoms. The van der Waals surface area contributed by atoms with E-state index in [0.29, 0.717) is 5.92 Å². The van der Waals surface area contributed by atoms with Crippen LogP contribution in [0.2, 0.25) is 0 Å². The molecule has 2 unspecified atom stereocenters. The highest BCUT2D eigenvalue weighted by Crippen LogP contribution is 2.16. The van der Waals surface area contributed by atoms with Gasteiger partial charge in [0.1, 0.15) is 0 Å². The first-order chi connectivity index (χ1) is 4.22. The number of hydrogen-bond donors (Lipinski definition) is 2. The van der Waals surface area contributed by atoms with E-state index in [4.69, 9.17) is 11.6 Å². The molecule has 1 fully saturated rings. The molecule has 0 aromatic rings. The number of nitrogens with two attached hydrogens (primary N) is 2. The Hall–Kier alpha value is -0.120. The maximum atomic E-state index is 5.72. The van der Waals surface area contributed by atoms with Crippen molar-refractivity contribution in [3.63, 3.8) is 0 Å². The van der Waals surface area contributed by atoms with E-state index in [1.54, 1.807) is 5.01 Å². The van der Waals surface area contributed by atoms with Crippen LogP contribution in [-0.4, -0.2) is 17.7 Å². The molecule has 3 nitrogen and oxygen atoms in total. The van der Waals surface area contributed by atoms with Crippen molar-refractivity contribution in [1.82, 2.24) is 5.01 Å². The number of rotatable bonds is 0. The van der Waals surface area contributed by atoms with Gasteiger partial charge in [0.25, 0.3) is 0 Å². The third-order valence-corrected chi connectivity index (χ3v) is 2.04. The number of nitrogens with zero attached hydrogens (tertiary/aromatic N) is 1. The number of hydrazine groups is 1. The zero-order chi connectivity index (χ0) is 6.85. The molecule has 0 aromatic heterocycles. The second kappa shape index (κ2) is 2.64. The van der Waals surface area contributed by atoms with Crippen molar-refractivity contribution in [3.8, 4) is 0 Å². The summed E-state index contributed by atoms with van der Waals surface area (Å²) < 4.78 is 0. The summed E-state index contributed by atoms with van der Waals surface area (Å²) in [5, 5.41) is 1.73. The lowest BCUT2D eigenvalue weighted by Gasteiger charge is -2.33. The Kier molecular flexibility index (Phi) is 2.05. The summed E-state index contributed by atoms with van der Waals surface area (Å²) in [4.78, 5) is 0. The molecule has 0 aliphatic carbocycles. The average molecular weight is 129 g/mol. The van der Waals surface area contributed by atoms with Crippen molar-refractivity contribution in [2.24, 2.45) is 17.5 Å². The van der Waals surface area contributed by atoms with Gasteiger partial charge in [-0.1, -0.05) is 6.92 Å². The van der Waals surface area contributed by atoms with E-state index >= 15 is 0 Å². The van der Waals surface area contributed by atoms with Crippen molar-refractivity contribution in [2.75, 3.05) is 6.54 Å². The van der Waals surface area contributed by atoms with Gasteiger partial charge >= 0.3 is 0 Å². The van der Waals surface area contributed by atoms with Gasteiger partial charge in [0, 0.05) is 6.54 Å². The summed E-state index contributed by atoms with van der Waals surface area (Å²) in [6.45, 7) is 3.09. The predicted octanol–water partition coefficient (Wildman–Crippen LogP) is -0.123. The molecular formula is C6H15N3. The summed E-state index contributed by atoms with van der Waals surface area (Å²) in [5.74, 6) is 6.14. The molecule has 0 aromatic carbocycles. The molecule has 1 saturated heterocycles. The van der Waals surface area contributed by atoms with Crippen molar-refractivity contribution < 1.29 is 0 Å². The van der Waals surface area contributed by atoms with Crippen molar-refractivity contribution in [2.45, 2.75) is 25.9 Å². The zero-order valence-corrected chi connectivity index (χ0v) is 5.88. The van der Waals surface area contributed by atoms with Crippen molar-refractivity contribution >= 4 is 0 Å². The Morgan fingerprint density at radius 2 is 2.22 bits per heavy atom. The summed E-state index contributed by atoms with van der Waals surface area (Å²) >= 11 is 0. The molecule has 9 heavy (non-hydrogen) atoms. The molecule has 4 N–H and O–H groups in total. The van der Waals surface area contributed by atoms with Crippen molar-refractivity contribution in [1.29, 1.82) is 0 Å². The maximum absolute atomic E-state index is 5.72. The third kappa shape index (κ3) is 1.41. The highest BCUT2D eigenvalue weighted by Gasteiger charge is 2.21. The zero-order valence-electron chi connectivity index (χ0n) is 5.88. The quantitative estimate of drug-likeness (QED) is 0.448. The molecule has 1 aliphatic rings. The van der Waals surface area contributed by atoms with Crippen LogP contribution in [0.3, 0.4) is 0 Å². The molecule has 1 aliphatic heterocycles. The van der Waals surface area contributed by atoms with Gasteiger partial charge in [-0.25, -0.2) is 5.01 Å². The van der Waals surface area contributed by atoms with Gasteiger partial charge in [-0.2, -0.15) is 0 Å². The topological polar surface area (TPSA) is 55.3 Å². The van der Waals surface area contributed by atoms with Gasteiger partial charge in [-0.05, 0) is 18.8 Å². The second-order valence-corrected chi connectivity index (χ2v) is 2.85. The Balaban J connectivity index is 2.41. The lowest BCUT2D eigenvalue weighted by molar-refractivity contribution is 0.106. The number of piperidine rings is 1. The smallest absolute Gasteiger partial charge is 0.0731 e. The van der Waals surface area contributed by atoms with E-state index in [0.717, 1.165) is 6.54 Å². The van der Waals surface area contributed by atoms with Gasteiger partial charge in [0.2, 0.25) is 0 Å². The first-order valence-corrected chi connectivity index (χ1v) is 3.48. The van der Waals surface area contributed by atoms with Gasteiger partial charge in [-0.3, -0.25) is 5.84 Å². The van der Waals surface area contributed by atoms with E-state index in [-0.39, 0.29) is 6.17 Å². The van der Waals surface area contributed by atoms with Crippen LogP contribution in [0.4, 0.5) is 0 Å². The first-order valence-electron chi connectivity index (χ1n) is 3.48. The highest BCUT2D eigenvalue weighted by atomic mass is 15.5. The van der Waals surface area contributed by atoms with E-state index in [2.05, 4.69) is 6.92 Å². The molecule has 1 rings (SSSR count). The normalized spacial score (nSPS) is 39.0. The number of hydrogen-bond acceptors (Lipinski definition) is 3. The first kappa shape index (κ1) is 6.99. The summed E-state index contributed by atoms with van der Waals surface area (Å²) in [6, 6.07) is 0. The largest absolute Gasteiger partial charge is 0.314 e. The van der Waals surface area contributed by atoms with E-state index in [1.165, 1.54) is 12.8 Å². The summed E-state index contributed by atoms with van der Waals surface area (Å²) in [5.41, 5.74) is 5.72. The van der Waals surface area contributed by atoms with Crippen LogP contribution in [0.1, 0.15) is 19.8 Å². The van der Waals surface area contributed by atoms with Gasteiger partial charge in [0.15, 0.2) is 0 Å². The standard InChI is InChI=1S/C6H15N3/c1-5-3-2-4-9(8)6(5)7/h5-6H,2-4,7-8H2,1H3. The fraction of sp³-hybridized carbons (Fsp3) is 1.00. The lowest BCUT2D eigenvalue weighted by Crippen LogP contribution is -2.53. The fourth-order valence-corrected chi connectivity index (χ4v) is 1.24. The summed E-state index contributed by atoms with van der Waals surface area (Å²) in [7, 11) is 0. The minimum atomic E-state index is 0.0822. The summed E-state index contributed by atoms with van der Waals surface area (Å²) in [6.07, 6.45) is 2.49. The van der Waals surface area contributed by atoms with Crippen LogP contribution >= 0.6 is 0 Å². The third-order valence-electron chi connectivity index (χ3n) is 2.04. The molecule has 0 spiro atoms. The lowest BCUT2D eigenvalue weighted by atomic mass is 9.98. The molecule has 1 heterocycles. The van der Waals surface area contributed by atoms with Gasteiger partial charge < -0.3 is 5.73 Å². The minimum absolute atomic E-state index is 0.0822. The maximum Gasteiger partial charge on any atom is 0.0731 e. The van der Waals surface area contributed by atoms with Crippen LogP contribution in [0.5, 0.6) is 0 Å². The molecule has 54 valence electrons. The van der Waals surface area contributed by atoms with Crippen LogP contribution in [0, 0.1) is 5.92 Å². The monoisotopic (exact) mass is 129 g/mol. The van der Waals surface area contributed by atoms with Crippen LogP contribution in [0.15, 0.2) is 0 Å². The van der Waals surface area contributed by atoms with Crippen molar-refractivity contribution in [3.05, 3.63) is 0 Å². The van der Waals surface area contributed by atoms with E-state index in [9.17, 15) is 0 Å². The Bertz CT molecular complexity index is 84.3. The molecule has 0 amide bonds. The van der Waals surface area contributed by atoms with Crippen LogP contribution in [0.25, 0.3) is 0 Å². The van der Waals surface area contributed by atoms with Gasteiger partial charge in [0.05, 0.1) is 6.17 Å². The van der Waals surface area contributed by atoms with Crippen LogP contribution in [-0.2, 0) is 0 Å². The fourth-order valence-electron chi connectivity index (χ4n) is 1.24. The Morgan fingerprint density at radius 1 is 1.56 bits per heavy atom. The molecule has 0 saturated carbocycles. The predicted molar refractivity (Wildman–Crippen MR) is 37.3 cm³/mol. The molecule has 0 bridgehead atoms. The average Bonchev–Trinajstić information content (AvgIpc) is 1.83. The molecule has 2 atom stereocenters. The molecular weight excluding hydrogens is 114 g/mol. The SMILES string of the molecule is CC1CCCN(N)C1N. The Labute approximate surface area is 56.0 Å². The van der Waals surface area contributed by atoms with Crippen LogP contribution < -0.4 is 11.6 Å². The van der Waals surface area contributed by atoms with Gasteiger partial charge in [-0.15, -0.1) is 0 Å². The minimum Gasteiger partial charge on any atom is -0.314 e. The Morgan fingerprint density at radius 3 is 2.67 bits per heavy atom. The second-order valence-electron chi connectivity index (χ2n) is 2.85. The highest BCUT2D eigenvalue weighted by molar-refractivity contribution is 4.72. The van der Waals surface area contributed by atoms with E-state index < -0.39 is 0 Å². The molecule has 0 radical (unpaired) electrons.